The number of pyridine rings is 1. The first-order chi connectivity index (χ1) is 9.19. The van der Waals surface area contributed by atoms with Crippen molar-refractivity contribution in [1.29, 1.82) is 0 Å². The zero-order valence-corrected chi connectivity index (χ0v) is 11.1. The van der Waals surface area contributed by atoms with Crippen molar-refractivity contribution in [2.24, 2.45) is 0 Å². The third-order valence-electron chi connectivity index (χ3n) is 2.31. The van der Waals surface area contributed by atoms with Crippen molar-refractivity contribution in [1.82, 2.24) is 9.97 Å². The smallest absolute Gasteiger partial charge is 0.339 e. The van der Waals surface area contributed by atoms with E-state index in [-0.39, 0.29) is 10.8 Å². The molecule has 2 aromatic rings. The Labute approximate surface area is 113 Å². The van der Waals surface area contributed by atoms with E-state index in [1.54, 1.807) is 24.4 Å². The molecule has 0 bridgehead atoms. The van der Waals surface area contributed by atoms with Crippen LogP contribution in [0.5, 0.6) is 0 Å². The summed E-state index contributed by atoms with van der Waals surface area (Å²) in [5.41, 5.74) is 1.21. The predicted molar refractivity (Wildman–Crippen MR) is 72.5 cm³/mol. The summed E-state index contributed by atoms with van der Waals surface area (Å²) >= 11 is 1.12. The number of ether oxygens (including phenoxy) is 1. The maximum absolute atomic E-state index is 11.4. The summed E-state index contributed by atoms with van der Waals surface area (Å²) in [6.07, 6.45) is 1.46. The van der Waals surface area contributed by atoms with Crippen molar-refractivity contribution in [3.63, 3.8) is 0 Å². The molecular formula is C12H13N3O3S. The Kier molecular flexibility index (Phi) is 4.30. The van der Waals surface area contributed by atoms with Gasteiger partial charge in [-0.3, -0.25) is 4.79 Å². The Morgan fingerprint density at radius 1 is 1.53 bits per heavy atom. The van der Waals surface area contributed by atoms with Crippen LogP contribution in [0.2, 0.25) is 0 Å². The molecule has 0 spiro atoms. The van der Waals surface area contributed by atoms with Gasteiger partial charge in [0.25, 0.3) is 0 Å². The van der Waals surface area contributed by atoms with Crippen LogP contribution >= 0.6 is 11.3 Å². The van der Waals surface area contributed by atoms with Gasteiger partial charge in [-0.15, -0.1) is 0 Å². The predicted octanol–water partition coefficient (Wildman–Crippen LogP) is 1.62. The number of rotatable bonds is 5. The van der Waals surface area contributed by atoms with Crippen LogP contribution in [0.15, 0.2) is 28.5 Å². The Hall–Kier alpha value is -2.15. The third kappa shape index (κ3) is 3.65. The number of aromatic nitrogens is 2. The summed E-state index contributed by atoms with van der Waals surface area (Å²) in [5, 5.41) is 4.80. The van der Waals surface area contributed by atoms with Crippen molar-refractivity contribution in [3.8, 4) is 0 Å². The van der Waals surface area contributed by atoms with Crippen LogP contribution in [0, 0.1) is 0 Å². The topological polar surface area (TPSA) is 84.1 Å². The minimum atomic E-state index is -0.385. The van der Waals surface area contributed by atoms with E-state index in [1.807, 2.05) is 0 Å². The quantitative estimate of drug-likeness (QED) is 0.812. The van der Waals surface area contributed by atoms with E-state index in [9.17, 15) is 9.59 Å². The number of hydrogen-bond acceptors (Lipinski definition) is 6. The molecule has 7 heteroatoms. The summed E-state index contributed by atoms with van der Waals surface area (Å²) in [7, 11) is 0. The fourth-order valence-electron chi connectivity index (χ4n) is 1.42. The van der Waals surface area contributed by atoms with Crippen LogP contribution in [0.25, 0.3) is 0 Å². The van der Waals surface area contributed by atoms with Gasteiger partial charge in [-0.25, -0.2) is 9.78 Å². The molecule has 0 aliphatic rings. The Morgan fingerprint density at radius 3 is 2.95 bits per heavy atom. The summed E-state index contributed by atoms with van der Waals surface area (Å²) in [5.74, 6) is 0.240. The fourth-order valence-corrected chi connectivity index (χ4v) is 2.00. The van der Waals surface area contributed by atoms with E-state index in [0.717, 1.165) is 17.0 Å². The van der Waals surface area contributed by atoms with Gasteiger partial charge >= 0.3 is 10.8 Å². The van der Waals surface area contributed by atoms with Gasteiger partial charge in [-0.1, -0.05) is 11.3 Å². The maximum Gasteiger partial charge on any atom is 0.339 e. The molecule has 2 N–H and O–H groups in total. The monoisotopic (exact) mass is 279 g/mol. The first-order valence-corrected chi connectivity index (χ1v) is 6.60. The fraction of sp³-hybridized carbons (Fsp3) is 0.250. The lowest BCUT2D eigenvalue weighted by Gasteiger charge is -2.05. The first-order valence-electron chi connectivity index (χ1n) is 5.72. The van der Waals surface area contributed by atoms with E-state index < -0.39 is 0 Å². The van der Waals surface area contributed by atoms with Crippen LogP contribution in [-0.2, 0) is 11.3 Å². The Morgan fingerprint density at radius 2 is 2.37 bits per heavy atom. The molecule has 2 rings (SSSR count). The Balaban J connectivity index is 1.95. The highest BCUT2D eigenvalue weighted by Crippen LogP contribution is 2.08. The molecule has 0 saturated carbocycles. The number of nitrogens with zero attached hydrogens (tertiary/aromatic N) is 1. The number of anilines is 1. The second-order valence-corrected chi connectivity index (χ2v) is 4.52. The Bertz CT molecular complexity index is 603. The lowest BCUT2D eigenvalue weighted by atomic mass is 10.3. The standard InChI is InChI=1S/C12H13N3O3S/c1-2-18-11(16)8-3-4-10(13-5-8)14-6-9-7-19-12(17)15-9/h3-5,7H,2,6H2,1H3,(H,13,14)(H,15,17). The molecule has 0 atom stereocenters. The van der Waals surface area contributed by atoms with Gasteiger partial charge in [0, 0.05) is 17.3 Å². The molecule has 0 aliphatic heterocycles. The number of thiazole rings is 1. The molecule has 0 unspecified atom stereocenters. The van der Waals surface area contributed by atoms with E-state index in [2.05, 4.69) is 15.3 Å². The van der Waals surface area contributed by atoms with Crippen molar-refractivity contribution in [3.05, 3.63) is 44.6 Å². The second-order valence-electron chi connectivity index (χ2n) is 3.68. The van der Waals surface area contributed by atoms with Crippen LogP contribution in [-0.4, -0.2) is 22.5 Å². The van der Waals surface area contributed by atoms with Crippen molar-refractivity contribution < 1.29 is 9.53 Å². The average Bonchev–Trinajstić information content (AvgIpc) is 2.83. The van der Waals surface area contributed by atoms with Crippen LogP contribution in [0.4, 0.5) is 5.82 Å². The third-order valence-corrected chi connectivity index (χ3v) is 3.02. The molecule has 0 aliphatic carbocycles. The molecule has 0 amide bonds. The SMILES string of the molecule is CCOC(=O)c1ccc(NCc2csc(=O)[nH]2)nc1. The maximum atomic E-state index is 11.4. The zero-order valence-electron chi connectivity index (χ0n) is 10.3. The van der Waals surface area contributed by atoms with E-state index in [1.165, 1.54) is 6.20 Å². The molecular weight excluding hydrogens is 266 g/mol. The summed E-state index contributed by atoms with van der Waals surface area (Å²) in [6.45, 7) is 2.57. The van der Waals surface area contributed by atoms with E-state index in [4.69, 9.17) is 4.74 Å². The van der Waals surface area contributed by atoms with Gasteiger partial charge in [-0.2, -0.15) is 0 Å². The molecule has 0 radical (unpaired) electrons. The first kappa shape index (κ1) is 13.3. The number of aromatic amines is 1. The second kappa shape index (κ2) is 6.14. The minimum Gasteiger partial charge on any atom is -0.462 e. The highest BCUT2D eigenvalue weighted by molar-refractivity contribution is 7.07. The van der Waals surface area contributed by atoms with Crippen molar-refractivity contribution in [2.45, 2.75) is 13.5 Å². The van der Waals surface area contributed by atoms with E-state index >= 15 is 0 Å². The van der Waals surface area contributed by atoms with Crippen LogP contribution in [0.3, 0.4) is 0 Å². The van der Waals surface area contributed by atoms with Gasteiger partial charge < -0.3 is 15.0 Å². The van der Waals surface area contributed by atoms with Gasteiger partial charge in [0.2, 0.25) is 0 Å². The number of carbonyl (C=O) groups excluding carboxylic acids is 1. The lowest BCUT2D eigenvalue weighted by molar-refractivity contribution is 0.0526. The average molecular weight is 279 g/mol. The summed E-state index contributed by atoms with van der Waals surface area (Å²) < 4.78 is 4.86. The number of carbonyl (C=O) groups is 1. The number of nitrogens with one attached hydrogen (secondary N) is 2. The van der Waals surface area contributed by atoms with Crippen LogP contribution in [0.1, 0.15) is 23.0 Å². The molecule has 0 aromatic carbocycles. The normalized spacial score (nSPS) is 10.2. The molecule has 100 valence electrons. The van der Waals surface area contributed by atoms with Gasteiger partial charge in [-0.05, 0) is 19.1 Å². The summed E-state index contributed by atoms with van der Waals surface area (Å²) in [6, 6.07) is 3.33. The molecule has 0 saturated heterocycles. The molecule has 0 fully saturated rings. The number of hydrogen-bond donors (Lipinski definition) is 2. The van der Waals surface area contributed by atoms with Crippen molar-refractivity contribution >= 4 is 23.1 Å². The number of esters is 1. The molecule has 6 nitrogen and oxygen atoms in total. The highest BCUT2D eigenvalue weighted by Gasteiger charge is 2.06. The largest absolute Gasteiger partial charge is 0.462 e. The lowest BCUT2D eigenvalue weighted by Crippen LogP contribution is -2.07. The molecule has 2 heterocycles. The van der Waals surface area contributed by atoms with E-state index in [0.29, 0.717) is 24.5 Å². The van der Waals surface area contributed by atoms with Gasteiger partial charge in [0.05, 0.1) is 18.7 Å². The summed E-state index contributed by atoms with van der Waals surface area (Å²) in [4.78, 5) is 29.1. The van der Waals surface area contributed by atoms with Crippen molar-refractivity contribution in [2.75, 3.05) is 11.9 Å². The number of H-pyrrole nitrogens is 1. The van der Waals surface area contributed by atoms with Gasteiger partial charge in [0.15, 0.2) is 0 Å². The van der Waals surface area contributed by atoms with Crippen LogP contribution < -0.4 is 10.2 Å². The minimum absolute atomic E-state index is 0.0811. The molecule has 19 heavy (non-hydrogen) atoms. The van der Waals surface area contributed by atoms with Gasteiger partial charge in [0.1, 0.15) is 5.82 Å². The zero-order chi connectivity index (χ0) is 13.7. The highest BCUT2D eigenvalue weighted by atomic mass is 32.1. The molecule has 2 aromatic heterocycles.